The summed E-state index contributed by atoms with van der Waals surface area (Å²) in [5, 5.41) is 0. The Morgan fingerprint density at radius 2 is 2.11 bits per heavy atom. The van der Waals surface area contributed by atoms with E-state index < -0.39 is 23.3 Å². The Hall–Kier alpha value is -2.10. The van der Waals surface area contributed by atoms with Crippen LogP contribution in [0.15, 0.2) is 36.5 Å². The zero-order valence-corrected chi connectivity index (χ0v) is 10.1. The van der Waals surface area contributed by atoms with Crippen molar-refractivity contribution in [2.75, 3.05) is 0 Å². The molecule has 1 atom stereocenters. The largest absolute Gasteiger partial charge is 0.293 e. The van der Waals surface area contributed by atoms with Crippen LogP contribution in [0.5, 0.6) is 0 Å². The van der Waals surface area contributed by atoms with E-state index in [0.29, 0.717) is 12.1 Å². The second-order valence-corrected chi connectivity index (χ2v) is 4.63. The van der Waals surface area contributed by atoms with Crippen molar-refractivity contribution in [2.24, 2.45) is 0 Å². The first-order valence-corrected chi connectivity index (χ1v) is 6.10. The summed E-state index contributed by atoms with van der Waals surface area (Å²) in [6, 6.07) is 6.68. The van der Waals surface area contributed by atoms with E-state index in [4.69, 9.17) is 0 Å². The van der Waals surface area contributed by atoms with Gasteiger partial charge in [0.1, 0.15) is 11.6 Å². The average Bonchev–Trinajstić information content (AvgIpc) is 2.84. The third-order valence-electron chi connectivity index (χ3n) is 3.47. The molecule has 96 valence electrons. The number of Topliss-reactive ketones (excluding diaryl/α,β-unsaturated/α-hetero) is 1. The number of benzene rings is 1. The fourth-order valence-corrected chi connectivity index (χ4v) is 2.54. The number of fused-ring (bicyclic) bond motifs is 1. The number of hydrogen-bond donors (Lipinski definition) is 0. The van der Waals surface area contributed by atoms with Crippen LogP contribution in [0.3, 0.4) is 0 Å². The van der Waals surface area contributed by atoms with Gasteiger partial charge in [0.05, 0.1) is 17.2 Å². The number of pyridine rings is 1. The van der Waals surface area contributed by atoms with Gasteiger partial charge in [-0.15, -0.1) is 0 Å². The van der Waals surface area contributed by atoms with Crippen molar-refractivity contribution in [1.82, 2.24) is 4.98 Å². The molecule has 1 heterocycles. The molecule has 0 amide bonds. The van der Waals surface area contributed by atoms with Crippen LogP contribution in [-0.2, 0) is 6.42 Å². The third-order valence-corrected chi connectivity index (χ3v) is 3.47. The monoisotopic (exact) mass is 259 g/mol. The Bertz CT molecular complexity index is 654. The Balaban J connectivity index is 2.00. The summed E-state index contributed by atoms with van der Waals surface area (Å²) < 4.78 is 26.8. The Morgan fingerprint density at radius 3 is 2.95 bits per heavy atom. The molecular formula is C15H11F2NO. The molecule has 1 aliphatic rings. The summed E-state index contributed by atoms with van der Waals surface area (Å²) in [7, 11) is 0. The molecule has 1 unspecified atom stereocenters. The van der Waals surface area contributed by atoms with Gasteiger partial charge in [0.25, 0.3) is 0 Å². The quantitative estimate of drug-likeness (QED) is 0.775. The van der Waals surface area contributed by atoms with Crippen molar-refractivity contribution in [1.29, 1.82) is 0 Å². The van der Waals surface area contributed by atoms with E-state index in [9.17, 15) is 13.6 Å². The van der Waals surface area contributed by atoms with Crippen LogP contribution >= 0.6 is 0 Å². The van der Waals surface area contributed by atoms with Gasteiger partial charge < -0.3 is 0 Å². The number of hydrogen-bond acceptors (Lipinski definition) is 2. The van der Waals surface area contributed by atoms with Gasteiger partial charge >= 0.3 is 0 Å². The summed E-state index contributed by atoms with van der Waals surface area (Å²) in [5.74, 6) is -2.15. The number of ketones is 1. The molecule has 1 aliphatic carbocycles. The highest BCUT2D eigenvalue weighted by Gasteiger charge is 2.31. The molecule has 2 aromatic rings. The number of carbonyl (C=O) groups excluding carboxylic acids is 1. The SMILES string of the molecule is O=C(c1cc(F)ccc1F)C1CCc2cccnc21. The lowest BCUT2D eigenvalue weighted by Gasteiger charge is -2.10. The summed E-state index contributed by atoms with van der Waals surface area (Å²) in [6.45, 7) is 0. The maximum absolute atomic E-state index is 13.6. The molecule has 0 N–H and O–H groups in total. The summed E-state index contributed by atoms with van der Waals surface area (Å²) in [5.41, 5.74) is 1.51. The minimum Gasteiger partial charge on any atom is -0.293 e. The van der Waals surface area contributed by atoms with Crippen molar-refractivity contribution in [3.63, 3.8) is 0 Å². The third kappa shape index (κ3) is 2.03. The van der Waals surface area contributed by atoms with E-state index in [1.54, 1.807) is 6.20 Å². The lowest BCUT2D eigenvalue weighted by Crippen LogP contribution is -2.13. The number of aromatic nitrogens is 1. The number of carbonyl (C=O) groups is 1. The van der Waals surface area contributed by atoms with Crippen LogP contribution in [0.4, 0.5) is 8.78 Å². The average molecular weight is 259 g/mol. The van der Waals surface area contributed by atoms with Crippen LogP contribution in [0.2, 0.25) is 0 Å². The summed E-state index contributed by atoms with van der Waals surface area (Å²) >= 11 is 0. The van der Waals surface area contributed by atoms with E-state index in [0.717, 1.165) is 30.2 Å². The molecule has 4 heteroatoms. The van der Waals surface area contributed by atoms with Gasteiger partial charge in [0.15, 0.2) is 5.78 Å². The zero-order valence-electron chi connectivity index (χ0n) is 10.1. The second-order valence-electron chi connectivity index (χ2n) is 4.63. The van der Waals surface area contributed by atoms with Gasteiger partial charge in [-0.25, -0.2) is 8.78 Å². The molecule has 0 aliphatic heterocycles. The normalized spacial score (nSPS) is 17.3. The topological polar surface area (TPSA) is 30.0 Å². The van der Waals surface area contributed by atoms with Gasteiger partial charge in [-0.3, -0.25) is 9.78 Å². The van der Waals surface area contributed by atoms with Crippen molar-refractivity contribution in [2.45, 2.75) is 18.8 Å². The van der Waals surface area contributed by atoms with E-state index in [2.05, 4.69) is 4.98 Å². The Morgan fingerprint density at radius 1 is 1.26 bits per heavy atom. The Kier molecular flexibility index (Phi) is 2.85. The molecule has 0 radical (unpaired) electrons. The minimum absolute atomic E-state index is 0.191. The molecule has 0 saturated heterocycles. The smallest absolute Gasteiger partial charge is 0.174 e. The molecule has 19 heavy (non-hydrogen) atoms. The minimum atomic E-state index is -0.684. The van der Waals surface area contributed by atoms with E-state index in [-0.39, 0.29) is 5.56 Å². The molecular weight excluding hydrogens is 248 g/mol. The summed E-state index contributed by atoms with van der Waals surface area (Å²) in [6.07, 6.45) is 2.96. The predicted octanol–water partition coefficient (Wildman–Crippen LogP) is 3.27. The summed E-state index contributed by atoms with van der Waals surface area (Å²) in [4.78, 5) is 16.5. The first-order valence-electron chi connectivity index (χ1n) is 6.10. The lowest BCUT2D eigenvalue weighted by atomic mass is 9.95. The highest BCUT2D eigenvalue weighted by atomic mass is 19.1. The number of aryl methyl sites for hydroxylation is 1. The highest BCUT2D eigenvalue weighted by Crippen LogP contribution is 2.34. The standard InChI is InChI=1S/C15H11F2NO/c16-10-4-6-13(17)12(8-10)15(19)11-5-3-9-2-1-7-18-14(9)11/h1-2,4,6-8,11H,3,5H2. The molecule has 0 spiro atoms. The van der Waals surface area contributed by atoms with Gasteiger partial charge in [0.2, 0.25) is 0 Å². The maximum atomic E-state index is 13.6. The van der Waals surface area contributed by atoms with Crippen LogP contribution in [-0.4, -0.2) is 10.8 Å². The highest BCUT2D eigenvalue weighted by molar-refractivity contribution is 6.01. The molecule has 0 saturated carbocycles. The van der Waals surface area contributed by atoms with Crippen molar-refractivity contribution in [3.8, 4) is 0 Å². The van der Waals surface area contributed by atoms with Crippen molar-refractivity contribution < 1.29 is 13.6 Å². The molecule has 3 rings (SSSR count). The second kappa shape index (κ2) is 4.53. The molecule has 1 aromatic carbocycles. The van der Waals surface area contributed by atoms with Crippen LogP contribution in [0, 0.1) is 11.6 Å². The first-order chi connectivity index (χ1) is 9.16. The molecule has 0 bridgehead atoms. The van der Waals surface area contributed by atoms with Crippen molar-refractivity contribution in [3.05, 3.63) is 65.0 Å². The van der Waals surface area contributed by atoms with Gasteiger partial charge in [-0.05, 0) is 42.7 Å². The van der Waals surface area contributed by atoms with E-state index in [1.807, 2.05) is 12.1 Å². The van der Waals surface area contributed by atoms with E-state index in [1.165, 1.54) is 0 Å². The number of rotatable bonds is 2. The van der Waals surface area contributed by atoms with Crippen LogP contribution in [0.1, 0.15) is 34.0 Å². The van der Waals surface area contributed by atoms with Gasteiger partial charge in [-0.2, -0.15) is 0 Å². The zero-order chi connectivity index (χ0) is 13.4. The fourth-order valence-electron chi connectivity index (χ4n) is 2.54. The maximum Gasteiger partial charge on any atom is 0.174 e. The lowest BCUT2D eigenvalue weighted by molar-refractivity contribution is 0.0953. The number of nitrogens with zero attached hydrogens (tertiary/aromatic N) is 1. The first kappa shape index (κ1) is 12.0. The van der Waals surface area contributed by atoms with Gasteiger partial charge in [0, 0.05) is 6.20 Å². The number of halogens is 2. The molecule has 1 aromatic heterocycles. The van der Waals surface area contributed by atoms with Crippen molar-refractivity contribution >= 4 is 5.78 Å². The molecule has 0 fully saturated rings. The van der Waals surface area contributed by atoms with Crippen LogP contribution in [0.25, 0.3) is 0 Å². The fraction of sp³-hybridized carbons (Fsp3) is 0.200. The van der Waals surface area contributed by atoms with Crippen LogP contribution < -0.4 is 0 Å². The van der Waals surface area contributed by atoms with E-state index >= 15 is 0 Å². The predicted molar refractivity (Wildman–Crippen MR) is 66.0 cm³/mol. The van der Waals surface area contributed by atoms with Gasteiger partial charge in [-0.1, -0.05) is 6.07 Å². The Labute approximate surface area is 109 Å². The molecule has 2 nitrogen and oxygen atoms in total.